The fourth-order valence-electron chi connectivity index (χ4n) is 2.05. The minimum Gasteiger partial charge on any atom is -0.423 e. The standard InChI is InChI=1S/C12H17BO2/c1-12(2,3)7-9-5-4-6-11-10(9)8-15-13(11)14/h4-6,14H,7-8H2,1-3H3. The molecule has 0 amide bonds. The summed E-state index contributed by atoms with van der Waals surface area (Å²) in [7, 11) is -0.722. The van der Waals surface area contributed by atoms with Crippen LogP contribution in [0.3, 0.4) is 0 Å². The van der Waals surface area contributed by atoms with Gasteiger partial charge >= 0.3 is 7.12 Å². The van der Waals surface area contributed by atoms with Gasteiger partial charge in [-0.1, -0.05) is 39.0 Å². The maximum Gasteiger partial charge on any atom is 0.491 e. The Hall–Kier alpha value is -0.795. The highest BCUT2D eigenvalue weighted by Gasteiger charge is 2.29. The van der Waals surface area contributed by atoms with E-state index in [0.29, 0.717) is 6.61 Å². The van der Waals surface area contributed by atoms with Crippen LogP contribution in [-0.4, -0.2) is 12.1 Å². The quantitative estimate of drug-likeness (QED) is 0.702. The van der Waals surface area contributed by atoms with Gasteiger partial charge in [-0.15, -0.1) is 0 Å². The van der Waals surface area contributed by atoms with Gasteiger partial charge in [-0.05, 0) is 28.4 Å². The highest BCUT2D eigenvalue weighted by Crippen LogP contribution is 2.24. The highest BCUT2D eigenvalue weighted by molar-refractivity contribution is 6.61. The van der Waals surface area contributed by atoms with Gasteiger partial charge in [0.25, 0.3) is 0 Å². The zero-order chi connectivity index (χ0) is 11.1. The number of hydrogen-bond donors (Lipinski definition) is 1. The summed E-state index contributed by atoms with van der Waals surface area (Å²) in [4.78, 5) is 0. The predicted octanol–water partition coefficient (Wildman–Crippen LogP) is 1.49. The van der Waals surface area contributed by atoms with E-state index in [1.807, 2.05) is 12.1 Å². The molecule has 0 atom stereocenters. The van der Waals surface area contributed by atoms with Gasteiger partial charge in [-0.25, -0.2) is 0 Å². The summed E-state index contributed by atoms with van der Waals surface area (Å²) in [5.74, 6) is 0. The Bertz CT molecular complexity index is 368. The Balaban J connectivity index is 2.34. The normalized spacial score (nSPS) is 15.6. The number of benzene rings is 1. The summed E-state index contributed by atoms with van der Waals surface area (Å²) < 4.78 is 5.23. The SMILES string of the molecule is CC(C)(C)Cc1cccc2c1COB2O. The van der Waals surface area contributed by atoms with E-state index in [9.17, 15) is 5.02 Å². The molecule has 0 aromatic heterocycles. The van der Waals surface area contributed by atoms with E-state index < -0.39 is 7.12 Å². The molecule has 1 aromatic rings. The van der Waals surface area contributed by atoms with E-state index in [2.05, 4.69) is 26.8 Å². The molecule has 0 unspecified atom stereocenters. The van der Waals surface area contributed by atoms with E-state index in [4.69, 9.17) is 4.65 Å². The Labute approximate surface area is 91.4 Å². The van der Waals surface area contributed by atoms with Crippen LogP contribution in [0.25, 0.3) is 0 Å². The maximum absolute atomic E-state index is 9.58. The van der Waals surface area contributed by atoms with Crippen LogP contribution in [0.5, 0.6) is 0 Å². The van der Waals surface area contributed by atoms with Crippen LogP contribution in [0.2, 0.25) is 0 Å². The van der Waals surface area contributed by atoms with Crippen molar-refractivity contribution in [1.29, 1.82) is 0 Å². The molecule has 0 spiro atoms. The lowest BCUT2D eigenvalue weighted by atomic mass is 9.76. The average molecular weight is 204 g/mol. The van der Waals surface area contributed by atoms with E-state index in [-0.39, 0.29) is 5.41 Å². The van der Waals surface area contributed by atoms with Crippen molar-refractivity contribution in [3.63, 3.8) is 0 Å². The molecule has 1 heterocycles. The second-order valence-corrected chi connectivity index (χ2v) is 5.39. The smallest absolute Gasteiger partial charge is 0.423 e. The summed E-state index contributed by atoms with van der Waals surface area (Å²) in [5.41, 5.74) is 3.69. The third-order valence-electron chi connectivity index (χ3n) is 2.68. The van der Waals surface area contributed by atoms with Gasteiger partial charge in [0, 0.05) is 0 Å². The first-order valence-electron chi connectivity index (χ1n) is 5.38. The lowest BCUT2D eigenvalue weighted by molar-refractivity contribution is 0.274. The van der Waals surface area contributed by atoms with E-state index in [1.54, 1.807) is 0 Å². The van der Waals surface area contributed by atoms with Gasteiger partial charge in [0.05, 0.1) is 6.61 Å². The largest absolute Gasteiger partial charge is 0.491 e. The van der Waals surface area contributed by atoms with Gasteiger partial charge in [-0.3, -0.25) is 0 Å². The Morgan fingerprint density at radius 1 is 1.40 bits per heavy atom. The van der Waals surface area contributed by atoms with Crippen LogP contribution in [0.1, 0.15) is 31.9 Å². The van der Waals surface area contributed by atoms with E-state index >= 15 is 0 Å². The van der Waals surface area contributed by atoms with Crippen LogP contribution < -0.4 is 5.46 Å². The van der Waals surface area contributed by atoms with E-state index in [0.717, 1.165) is 11.9 Å². The first kappa shape index (κ1) is 10.7. The first-order chi connectivity index (χ1) is 6.97. The Morgan fingerprint density at radius 3 is 2.80 bits per heavy atom. The molecule has 15 heavy (non-hydrogen) atoms. The van der Waals surface area contributed by atoms with Crippen LogP contribution in [-0.2, 0) is 17.7 Å². The van der Waals surface area contributed by atoms with Crippen molar-refractivity contribution in [2.75, 3.05) is 0 Å². The summed E-state index contributed by atoms with van der Waals surface area (Å²) >= 11 is 0. The molecule has 0 saturated carbocycles. The summed E-state index contributed by atoms with van der Waals surface area (Å²) in [6, 6.07) is 6.07. The third kappa shape index (κ3) is 2.24. The van der Waals surface area contributed by atoms with Crippen LogP contribution >= 0.6 is 0 Å². The molecule has 1 aromatic carbocycles. The van der Waals surface area contributed by atoms with Crippen LogP contribution in [0.15, 0.2) is 18.2 Å². The molecule has 0 radical (unpaired) electrons. The summed E-state index contributed by atoms with van der Waals surface area (Å²) in [6.07, 6.45) is 1.02. The van der Waals surface area contributed by atoms with E-state index in [1.165, 1.54) is 11.1 Å². The minimum absolute atomic E-state index is 0.267. The molecule has 2 nitrogen and oxygen atoms in total. The van der Waals surface area contributed by atoms with Crippen LogP contribution in [0.4, 0.5) is 0 Å². The second kappa shape index (κ2) is 3.65. The molecule has 0 saturated heterocycles. The summed E-state index contributed by atoms with van der Waals surface area (Å²) in [6.45, 7) is 7.21. The van der Waals surface area contributed by atoms with Crippen molar-refractivity contribution >= 4 is 12.6 Å². The van der Waals surface area contributed by atoms with Crippen molar-refractivity contribution in [3.8, 4) is 0 Å². The Kier molecular flexibility index (Phi) is 2.61. The zero-order valence-corrected chi connectivity index (χ0v) is 9.58. The fraction of sp³-hybridized carbons (Fsp3) is 0.500. The minimum atomic E-state index is -0.722. The lowest BCUT2D eigenvalue weighted by Gasteiger charge is -2.19. The van der Waals surface area contributed by atoms with Crippen molar-refractivity contribution < 1.29 is 9.68 Å². The molecule has 1 aliphatic rings. The second-order valence-electron chi connectivity index (χ2n) is 5.39. The monoisotopic (exact) mass is 204 g/mol. The Morgan fingerprint density at radius 2 is 2.13 bits per heavy atom. The molecule has 80 valence electrons. The van der Waals surface area contributed by atoms with Crippen molar-refractivity contribution in [2.24, 2.45) is 5.41 Å². The van der Waals surface area contributed by atoms with Gasteiger partial charge < -0.3 is 9.68 Å². The maximum atomic E-state index is 9.58. The number of hydrogen-bond acceptors (Lipinski definition) is 2. The third-order valence-corrected chi connectivity index (χ3v) is 2.68. The van der Waals surface area contributed by atoms with Crippen molar-refractivity contribution in [3.05, 3.63) is 29.3 Å². The van der Waals surface area contributed by atoms with Crippen LogP contribution in [0, 0.1) is 5.41 Å². The highest BCUT2D eigenvalue weighted by atomic mass is 16.5. The predicted molar refractivity (Wildman–Crippen MR) is 62.0 cm³/mol. The van der Waals surface area contributed by atoms with Crippen molar-refractivity contribution in [2.45, 2.75) is 33.8 Å². The molecule has 0 aliphatic carbocycles. The summed E-state index contributed by atoms with van der Waals surface area (Å²) in [5, 5.41) is 9.58. The molecular weight excluding hydrogens is 187 g/mol. The molecule has 1 aliphatic heterocycles. The molecule has 0 fully saturated rings. The van der Waals surface area contributed by atoms with Crippen molar-refractivity contribution in [1.82, 2.24) is 0 Å². The van der Waals surface area contributed by atoms with Gasteiger partial charge in [-0.2, -0.15) is 0 Å². The number of fused-ring (bicyclic) bond motifs is 1. The zero-order valence-electron chi connectivity index (χ0n) is 9.58. The topological polar surface area (TPSA) is 29.5 Å². The molecule has 0 bridgehead atoms. The van der Waals surface area contributed by atoms with Gasteiger partial charge in [0.1, 0.15) is 0 Å². The number of rotatable bonds is 1. The molecular formula is C12H17BO2. The average Bonchev–Trinajstić information content (AvgIpc) is 2.47. The van der Waals surface area contributed by atoms with Gasteiger partial charge in [0.2, 0.25) is 0 Å². The first-order valence-corrected chi connectivity index (χ1v) is 5.38. The molecule has 2 rings (SSSR count). The molecule has 3 heteroatoms. The molecule has 1 N–H and O–H groups in total. The lowest BCUT2D eigenvalue weighted by Crippen LogP contribution is -2.28. The fourth-order valence-corrected chi connectivity index (χ4v) is 2.05. The van der Waals surface area contributed by atoms with Gasteiger partial charge in [0.15, 0.2) is 0 Å².